The van der Waals surface area contributed by atoms with Gasteiger partial charge in [-0.05, 0) is 41.0 Å². The monoisotopic (exact) mass is 450 g/mol. The van der Waals surface area contributed by atoms with Gasteiger partial charge in [0.2, 0.25) is 5.91 Å². The molecule has 1 unspecified atom stereocenters. The van der Waals surface area contributed by atoms with Gasteiger partial charge in [-0.2, -0.15) is 0 Å². The van der Waals surface area contributed by atoms with Crippen LogP contribution >= 0.6 is 0 Å². The first-order chi connectivity index (χ1) is 15.8. The fraction of sp³-hybridized carbons (Fsp3) is 0.423. The number of carbonyl (C=O) groups is 3. The molecule has 0 radical (unpaired) electrons. The molecule has 2 aromatic rings. The van der Waals surface area contributed by atoms with E-state index in [1.807, 2.05) is 38.1 Å². The topological polar surface area (TPSA) is 105 Å². The zero-order chi connectivity index (χ0) is 23.6. The van der Waals surface area contributed by atoms with Crippen LogP contribution in [0.4, 0.5) is 4.79 Å². The lowest BCUT2D eigenvalue weighted by atomic mass is 9.98. The number of carbonyl (C=O) groups excluding carboxylic acids is 2. The molecule has 1 atom stereocenters. The Balaban J connectivity index is 1.33. The predicted octanol–water partition coefficient (Wildman–Crippen LogP) is 4.06. The predicted molar refractivity (Wildman–Crippen MR) is 124 cm³/mol. The molecule has 7 nitrogen and oxygen atoms in total. The number of aliphatic carboxylic acids is 1. The molecule has 174 valence electrons. The molecule has 3 N–H and O–H groups in total. The van der Waals surface area contributed by atoms with Gasteiger partial charge >= 0.3 is 12.1 Å². The van der Waals surface area contributed by atoms with Crippen LogP contribution in [0.5, 0.6) is 0 Å². The van der Waals surface area contributed by atoms with E-state index in [1.165, 1.54) is 11.1 Å². The highest BCUT2D eigenvalue weighted by atomic mass is 16.5. The molecule has 33 heavy (non-hydrogen) atoms. The van der Waals surface area contributed by atoms with E-state index in [-0.39, 0.29) is 37.2 Å². The molecule has 1 saturated carbocycles. The molecule has 1 fully saturated rings. The van der Waals surface area contributed by atoms with Crippen molar-refractivity contribution in [1.29, 1.82) is 0 Å². The molecule has 2 aliphatic carbocycles. The number of alkyl carbamates (subject to hydrolysis) is 1. The van der Waals surface area contributed by atoms with Gasteiger partial charge in [-0.3, -0.25) is 9.59 Å². The van der Waals surface area contributed by atoms with Crippen molar-refractivity contribution in [2.75, 3.05) is 6.61 Å². The lowest BCUT2D eigenvalue weighted by Crippen LogP contribution is -2.45. The van der Waals surface area contributed by atoms with Gasteiger partial charge in [-0.15, -0.1) is 0 Å². The van der Waals surface area contributed by atoms with Crippen LogP contribution in [0.2, 0.25) is 0 Å². The maximum Gasteiger partial charge on any atom is 0.407 e. The fourth-order valence-corrected chi connectivity index (χ4v) is 4.55. The van der Waals surface area contributed by atoms with Crippen molar-refractivity contribution in [3.63, 3.8) is 0 Å². The summed E-state index contributed by atoms with van der Waals surface area (Å²) in [5.74, 6) is -1.24. The Hall–Kier alpha value is -3.35. The van der Waals surface area contributed by atoms with Crippen molar-refractivity contribution in [3.05, 3.63) is 59.7 Å². The Morgan fingerprint density at radius 2 is 1.61 bits per heavy atom. The van der Waals surface area contributed by atoms with Gasteiger partial charge in [0.05, 0.1) is 12.0 Å². The number of fused-ring (bicyclic) bond motifs is 3. The summed E-state index contributed by atoms with van der Waals surface area (Å²) in [5.41, 5.74) is 4.00. The van der Waals surface area contributed by atoms with E-state index in [9.17, 15) is 14.4 Å². The van der Waals surface area contributed by atoms with Crippen LogP contribution < -0.4 is 10.6 Å². The van der Waals surface area contributed by atoms with E-state index in [1.54, 1.807) is 0 Å². The summed E-state index contributed by atoms with van der Waals surface area (Å²) in [5, 5.41) is 14.7. The first-order valence-corrected chi connectivity index (χ1v) is 11.4. The molecule has 0 aliphatic heterocycles. The molecule has 0 aromatic heterocycles. The molecule has 0 bridgehead atoms. The van der Waals surface area contributed by atoms with E-state index < -0.39 is 23.6 Å². The number of nitrogens with one attached hydrogen (secondary N) is 2. The number of ether oxygens (including phenoxy) is 1. The van der Waals surface area contributed by atoms with Gasteiger partial charge in [-0.25, -0.2) is 4.79 Å². The molecule has 2 aromatic carbocycles. The van der Waals surface area contributed by atoms with Gasteiger partial charge in [0, 0.05) is 18.4 Å². The normalized spacial score (nSPS) is 16.5. The molecule has 2 amide bonds. The third-order valence-corrected chi connectivity index (χ3v) is 6.61. The van der Waals surface area contributed by atoms with Crippen LogP contribution in [-0.4, -0.2) is 41.3 Å². The lowest BCUT2D eigenvalue weighted by Gasteiger charge is -2.23. The van der Waals surface area contributed by atoms with Crippen LogP contribution in [0, 0.1) is 5.92 Å². The van der Waals surface area contributed by atoms with Crippen molar-refractivity contribution in [2.45, 2.75) is 57.0 Å². The summed E-state index contributed by atoms with van der Waals surface area (Å²) in [6, 6.07) is 15.9. The van der Waals surface area contributed by atoms with Gasteiger partial charge in [0.15, 0.2) is 0 Å². The van der Waals surface area contributed by atoms with E-state index in [4.69, 9.17) is 9.84 Å². The smallest absolute Gasteiger partial charge is 0.407 e. The van der Waals surface area contributed by atoms with E-state index in [2.05, 4.69) is 34.9 Å². The van der Waals surface area contributed by atoms with Crippen molar-refractivity contribution < 1.29 is 24.2 Å². The van der Waals surface area contributed by atoms with Crippen LogP contribution in [0.15, 0.2) is 48.5 Å². The maximum atomic E-state index is 12.6. The average molecular weight is 451 g/mol. The minimum absolute atomic E-state index is 0.00436. The zero-order valence-corrected chi connectivity index (χ0v) is 19.0. The van der Waals surface area contributed by atoms with Gasteiger partial charge in [0.1, 0.15) is 6.61 Å². The lowest BCUT2D eigenvalue weighted by molar-refractivity contribution is -0.138. The molecule has 0 heterocycles. The number of carboxylic acids is 1. The van der Waals surface area contributed by atoms with Gasteiger partial charge in [-0.1, -0.05) is 62.4 Å². The van der Waals surface area contributed by atoms with Crippen molar-refractivity contribution in [1.82, 2.24) is 10.6 Å². The third kappa shape index (κ3) is 5.18. The highest BCUT2D eigenvalue weighted by Gasteiger charge is 2.46. The molecule has 7 heteroatoms. The molecule has 2 aliphatic rings. The molecule has 0 saturated heterocycles. The number of benzene rings is 2. The Morgan fingerprint density at radius 1 is 1.03 bits per heavy atom. The summed E-state index contributed by atoms with van der Waals surface area (Å²) in [7, 11) is 0. The Kier molecular flexibility index (Phi) is 6.40. The number of carboxylic acid groups (broad SMARTS) is 1. The second kappa shape index (κ2) is 9.25. The third-order valence-electron chi connectivity index (χ3n) is 6.61. The average Bonchev–Trinajstić information content (AvgIpc) is 3.43. The van der Waals surface area contributed by atoms with Crippen LogP contribution in [0.25, 0.3) is 11.1 Å². The summed E-state index contributed by atoms with van der Waals surface area (Å²) in [6.45, 7) is 3.96. The summed E-state index contributed by atoms with van der Waals surface area (Å²) in [4.78, 5) is 36.2. The summed E-state index contributed by atoms with van der Waals surface area (Å²) in [6.07, 6.45) is 0.829. The minimum atomic E-state index is -0.952. The summed E-state index contributed by atoms with van der Waals surface area (Å²) < 4.78 is 5.61. The number of rotatable bonds is 9. The second-order valence-electron chi connectivity index (χ2n) is 9.42. The Bertz CT molecular complexity index is 1010. The van der Waals surface area contributed by atoms with Crippen LogP contribution in [0.3, 0.4) is 0 Å². The minimum Gasteiger partial charge on any atom is -0.481 e. The van der Waals surface area contributed by atoms with Gasteiger partial charge < -0.3 is 20.5 Å². The Morgan fingerprint density at radius 3 is 2.12 bits per heavy atom. The standard InChI is InChI=1S/C26H30N2O5/c1-16(2)22(13-24(30)31)27-23(29)14-26(11-12-26)28-25(32)33-15-21-19-9-5-3-7-17(19)18-8-4-6-10-20(18)21/h3-10,16,21-22H,11-15H2,1-2H3,(H,27,29)(H,28,32)(H,30,31). The first kappa shape index (κ1) is 22.8. The van der Waals surface area contributed by atoms with Crippen LogP contribution in [0.1, 0.15) is 56.6 Å². The number of hydrogen-bond acceptors (Lipinski definition) is 4. The van der Waals surface area contributed by atoms with Crippen LogP contribution in [-0.2, 0) is 14.3 Å². The van der Waals surface area contributed by atoms with E-state index in [0.29, 0.717) is 12.8 Å². The molecule has 0 spiro atoms. The number of hydrogen-bond donors (Lipinski definition) is 3. The van der Waals surface area contributed by atoms with E-state index >= 15 is 0 Å². The summed E-state index contributed by atoms with van der Waals surface area (Å²) >= 11 is 0. The Labute approximate surface area is 193 Å². The largest absolute Gasteiger partial charge is 0.481 e. The molecular formula is C26H30N2O5. The highest BCUT2D eigenvalue weighted by Crippen LogP contribution is 2.44. The number of amides is 2. The molecular weight excluding hydrogens is 420 g/mol. The quantitative estimate of drug-likeness (QED) is 0.534. The molecule has 4 rings (SSSR count). The fourth-order valence-electron chi connectivity index (χ4n) is 4.55. The van der Waals surface area contributed by atoms with Crippen molar-refractivity contribution >= 4 is 18.0 Å². The van der Waals surface area contributed by atoms with E-state index in [0.717, 1.165) is 11.1 Å². The maximum absolute atomic E-state index is 12.6. The van der Waals surface area contributed by atoms with Crippen molar-refractivity contribution in [3.8, 4) is 11.1 Å². The second-order valence-corrected chi connectivity index (χ2v) is 9.42. The van der Waals surface area contributed by atoms with Gasteiger partial charge in [0.25, 0.3) is 0 Å². The van der Waals surface area contributed by atoms with Crippen molar-refractivity contribution in [2.24, 2.45) is 5.92 Å². The SMILES string of the molecule is CC(C)C(CC(=O)O)NC(=O)CC1(NC(=O)OCC2c3ccccc3-c3ccccc32)CC1. The first-order valence-electron chi connectivity index (χ1n) is 11.4. The highest BCUT2D eigenvalue weighted by molar-refractivity contribution is 5.81. The zero-order valence-electron chi connectivity index (χ0n) is 19.0.